The van der Waals surface area contributed by atoms with Crippen molar-refractivity contribution in [3.63, 3.8) is 0 Å². The summed E-state index contributed by atoms with van der Waals surface area (Å²) in [5.74, 6) is -2.53. The molecule has 0 aliphatic heterocycles. The van der Waals surface area contributed by atoms with Gasteiger partial charge < -0.3 is 11.1 Å². The Morgan fingerprint density at radius 3 is 2.16 bits per heavy atom. The second-order valence-corrected chi connectivity index (χ2v) is 4.73. The van der Waals surface area contributed by atoms with E-state index in [1.807, 2.05) is 0 Å². The molecule has 2 rings (SSSR count). The van der Waals surface area contributed by atoms with E-state index in [2.05, 4.69) is 21.2 Å². The summed E-state index contributed by atoms with van der Waals surface area (Å²) in [7, 11) is 0. The van der Waals surface area contributed by atoms with Gasteiger partial charge in [-0.05, 0) is 36.4 Å². The fourth-order valence-electron chi connectivity index (χ4n) is 1.45. The Kier molecular flexibility index (Phi) is 3.80. The van der Waals surface area contributed by atoms with Crippen molar-refractivity contribution in [3.8, 4) is 0 Å². The molecule has 0 atom stereocenters. The van der Waals surface area contributed by atoms with Gasteiger partial charge in [-0.2, -0.15) is 0 Å². The molecular formula is C13H9BrF2N2O. The first-order valence-corrected chi connectivity index (χ1v) is 6.08. The zero-order valence-electron chi connectivity index (χ0n) is 9.58. The summed E-state index contributed by atoms with van der Waals surface area (Å²) in [6.07, 6.45) is 0. The lowest BCUT2D eigenvalue weighted by Gasteiger charge is -2.07. The van der Waals surface area contributed by atoms with Gasteiger partial charge in [0.2, 0.25) is 0 Å². The number of hydrogen-bond donors (Lipinski definition) is 2. The Morgan fingerprint density at radius 1 is 1.11 bits per heavy atom. The first-order chi connectivity index (χ1) is 8.97. The first kappa shape index (κ1) is 13.5. The molecule has 0 aliphatic carbocycles. The number of carbonyl (C=O) groups is 1. The fourth-order valence-corrected chi connectivity index (χ4v) is 1.72. The van der Waals surface area contributed by atoms with E-state index >= 15 is 0 Å². The smallest absolute Gasteiger partial charge is 0.255 e. The second kappa shape index (κ2) is 5.36. The molecule has 19 heavy (non-hydrogen) atoms. The molecule has 2 aromatic carbocycles. The molecular weight excluding hydrogens is 318 g/mol. The zero-order chi connectivity index (χ0) is 14.0. The molecule has 1 amide bonds. The average molecular weight is 327 g/mol. The molecule has 0 bridgehead atoms. The number of nitrogen functional groups attached to an aromatic ring is 1. The quantitative estimate of drug-likeness (QED) is 0.829. The second-order valence-electron chi connectivity index (χ2n) is 3.81. The largest absolute Gasteiger partial charge is 0.394 e. The molecule has 2 aromatic rings. The lowest BCUT2D eigenvalue weighted by Crippen LogP contribution is -2.13. The summed E-state index contributed by atoms with van der Waals surface area (Å²) < 4.78 is 27.3. The molecule has 3 N–H and O–H groups in total. The van der Waals surface area contributed by atoms with Crippen LogP contribution in [0, 0.1) is 11.6 Å². The van der Waals surface area contributed by atoms with Crippen LogP contribution in [-0.2, 0) is 0 Å². The molecule has 0 saturated heterocycles. The highest BCUT2D eigenvalue weighted by atomic mass is 79.9. The van der Waals surface area contributed by atoms with Crippen LogP contribution >= 0.6 is 15.9 Å². The van der Waals surface area contributed by atoms with Crippen molar-refractivity contribution in [2.45, 2.75) is 0 Å². The number of carbonyl (C=O) groups excluding carboxylic acids is 1. The number of rotatable bonds is 2. The minimum atomic E-state index is -0.957. The molecule has 3 nitrogen and oxygen atoms in total. The standard InChI is InChI=1S/C13H9BrF2N2O/c14-8-1-3-9(4-2-8)18-13(19)7-5-10(15)12(17)11(16)6-7/h1-6H,17H2,(H,18,19). The summed E-state index contributed by atoms with van der Waals surface area (Å²) in [5.41, 5.74) is 4.92. The molecule has 0 unspecified atom stereocenters. The highest BCUT2D eigenvalue weighted by Crippen LogP contribution is 2.19. The predicted molar refractivity (Wildman–Crippen MR) is 72.9 cm³/mol. The van der Waals surface area contributed by atoms with Crippen LogP contribution in [0.1, 0.15) is 10.4 Å². The van der Waals surface area contributed by atoms with Crippen molar-refractivity contribution in [1.82, 2.24) is 0 Å². The molecule has 6 heteroatoms. The number of hydrogen-bond acceptors (Lipinski definition) is 2. The van der Waals surface area contributed by atoms with Crippen LogP contribution < -0.4 is 11.1 Å². The van der Waals surface area contributed by atoms with E-state index in [1.54, 1.807) is 24.3 Å². The Bertz CT molecular complexity index is 606. The van der Waals surface area contributed by atoms with Crippen molar-refractivity contribution in [3.05, 3.63) is 58.1 Å². The molecule has 0 spiro atoms. The molecule has 0 heterocycles. The Labute approximate surface area is 116 Å². The van der Waals surface area contributed by atoms with Gasteiger partial charge in [0.1, 0.15) is 17.3 Å². The number of nitrogens with two attached hydrogens (primary N) is 1. The third-order valence-corrected chi connectivity index (χ3v) is 2.97. The van der Waals surface area contributed by atoms with Gasteiger partial charge >= 0.3 is 0 Å². The molecule has 98 valence electrons. The Hall–Kier alpha value is -1.95. The van der Waals surface area contributed by atoms with Crippen molar-refractivity contribution in [2.24, 2.45) is 0 Å². The lowest BCUT2D eigenvalue weighted by atomic mass is 10.1. The highest BCUT2D eigenvalue weighted by Gasteiger charge is 2.13. The van der Waals surface area contributed by atoms with Gasteiger partial charge in [0, 0.05) is 15.7 Å². The van der Waals surface area contributed by atoms with Gasteiger partial charge in [-0.3, -0.25) is 4.79 Å². The Balaban J connectivity index is 2.23. The van der Waals surface area contributed by atoms with Gasteiger partial charge in [-0.25, -0.2) is 8.78 Å². The van der Waals surface area contributed by atoms with Crippen molar-refractivity contribution in [2.75, 3.05) is 11.1 Å². The zero-order valence-corrected chi connectivity index (χ0v) is 11.2. The van der Waals surface area contributed by atoms with E-state index in [9.17, 15) is 13.6 Å². The molecule has 0 fully saturated rings. The maximum Gasteiger partial charge on any atom is 0.255 e. The van der Waals surface area contributed by atoms with Gasteiger partial charge in [0.05, 0.1) is 0 Å². The maximum absolute atomic E-state index is 13.2. The van der Waals surface area contributed by atoms with Crippen LogP contribution in [-0.4, -0.2) is 5.91 Å². The summed E-state index contributed by atoms with van der Waals surface area (Å²) >= 11 is 3.26. The summed E-state index contributed by atoms with van der Waals surface area (Å²) in [6, 6.07) is 8.58. The topological polar surface area (TPSA) is 55.1 Å². The molecule has 0 saturated carbocycles. The van der Waals surface area contributed by atoms with Gasteiger partial charge in [0.25, 0.3) is 5.91 Å². The van der Waals surface area contributed by atoms with Gasteiger partial charge in [-0.1, -0.05) is 15.9 Å². The maximum atomic E-state index is 13.2. The summed E-state index contributed by atoms with van der Waals surface area (Å²) in [5, 5.41) is 2.53. The van der Waals surface area contributed by atoms with Crippen LogP contribution in [0.15, 0.2) is 40.9 Å². The van der Waals surface area contributed by atoms with Crippen LogP contribution in [0.2, 0.25) is 0 Å². The predicted octanol–water partition coefficient (Wildman–Crippen LogP) is 3.56. The van der Waals surface area contributed by atoms with Gasteiger partial charge in [-0.15, -0.1) is 0 Å². The minimum Gasteiger partial charge on any atom is -0.394 e. The molecule has 0 aliphatic rings. The van der Waals surface area contributed by atoms with E-state index in [1.165, 1.54) is 0 Å². The van der Waals surface area contributed by atoms with E-state index in [-0.39, 0.29) is 5.56 Å². The third-order valence-electron chi connectivity index (χ3n) is 2.44. The normalized spacial score (nSPS) is 10.3. The molecule has 0 aromatic heterocycles. The van der Waals surface area contributed by atoms with Gasteiger partial charge in [0.15, 0.2) is 0 Å². The summed E-state index contributed by atoms with van der Waals surface area (Å²) in [4.78, 5) is 11.8. The van der Waals surface area contributed by atoms with Crippen LogP contribution in [0.5, 0.6) is 0 Å². The van der Waals surface area contributed by atoms with E-state index < -0.39 is 23.2 Å². The molecule has 0 radical (unpaired) electrons. The average Bonchev–Trinajstić information content (AvgIpc) is 2.38. The number of benzene rings is 2. The van der Waals surface area contributed by atoms with Crippen molar-refractivity contribution in [1.29, 1.82) is 0 Å². The van der Waals surface area contributed by atoms with E-state index in [0.717, 1.165) is 16.6 Å². The number of anilines is 2. The monoisotopic (exact) mass is 326 g/mol. The minimum absolute atomic E-state index is 0.132. The van der Waals surface area contributed by atoms with E-state index in [0.29, 0.717) is 5.69 Å². The summed E-state index contributed by atoms with van der Waals surface area (Å²) in [6.45, 7) is 0. The third kappa shape index (κ3) is 3.08. The van der Waals surface area contributed by atoms with Crippen molar-refractivity contribution < 1.29 is 13.6 Å². The van der Waals surface area contributed by atoms with E-state index in [4.69, 9.17) is 5.73 Å². The Morgan fingerprint density at radius 2 is 1.63 bits per heavy atom. The van der Waals surface area contributed by atoms with Crippen LogP contribution in [0.4, 0.5) is 20.2 Å². The number of halogens is 3. The fraction of sp³-hybridized carbons (Fsp3) is 0. The highest BCUT2D eigenvalue weighted by molar-refractivity contribution is 9.10. The number of amides is 1. The van der Waals surface area contributed by atoms with Crippen LogP contribution in [0.25, 0.3) is 0 Å². The number of nitrogens with one attached hydrogen (secondary N) is 1. The lowest BCUT2D eigenvalue weighted by molar-refractivity contribution is 0.102. The first-order valence-electron chi connectivity index (χ1n) is 5.29. The van der Waals surface area contributed by atoms with Crippen LogP contribution in [0.3, 0.4) is 0 Å². The SMILES string of the molecule is Nc1c(F)cc(C(=O)Nc2ccc(Br)cc2)cc1F. The van der Waals surface area contributed by atoms with Crippen molar-refractivity contribution >= 4 is 33.2 Å².